The highest BCUT2D eigenvalue weighted by atomic mass is 35.5. The molecule has 4 atom stereocenters. The lowest BCUT2D eigenvalue weighted by Crippen LogP contribution is -2.34. The van der Waals surface area contributed by atoms with E-state index in [0.29, 0.717) is 5.52 Å². The van der Waals surface area contributed by atoms with Crippen molar-refractivity contribution in [1.82, 2.24) is 15.0 Å². The summed E-state index contributed by atoms with van der Waals surface area (Å²) in [5.74, 6) is -2.79. The van der Waals surface area contributed by atoms with Gasteiger partial charge in [-0.1, -0.05) is 11.6 Å². The topological polar surface area (TPSA) is 139 Å². The van der Waals surface area contributed by atoms with Crippen molar-refractivity contribution < 1.29 is 38.0 Å². The highest BCUT2D eigenvalue weighted by molar-refractivity contribution is 6.33. The summed E-state index contributed by atoms with van der Waals surface area (Å²) in [4.78, 5) is 22.1. The Labute approximate surface area is 201 Å². The van der Waals surface area contributed by atoms with Crippen molar-refractivity contribution in [2.45, 2.75) is 31.0 Å². The van der Waals surface area contributed by atoms with Crippen LogP contribution in [0.4, 0.5) is 14.6 Å². The Morgan fingerprint density at radius 1 is 1.23 bits per heavy atom. The summed E-state index contributed by atoms with van der Waals surface area (Å²) in [5.41, 5.74) is 0.537. The van der Waals surface area contributed by atoms with Gasteiger partial charge in [-0.05, 0) is 29.8 Å². The summed E-state index contributed by atoms with van der Waals surface area (Å²) in [6, 6.07) is 3.75. The monoisotopic (exact) mass is 508 g/mol. The average molecular weight is 509 g/mol. The molecule has 4 N–H and O–H groups in total. The van der Waals surface area contributed by atoms with Crippen LogP contribution in [0, 0.1) is 11.6 Å². The number of carboxylic acids is 1. The number of anilines is 1. The molecule has 0 radical (unpaired) electrons. The Morgan fingerprint density at radius 2 is 1.97 bits per heavy atom. The fourth-order valence-electron chi connectivity index (χ4n) is 3.99. The van der Waals surface area contributed by atoms with E-state index in [0.717, 1.165) is 24.3 Å². The normalized spacial score (nSPS) is 23.8. The quantitative estimate of drug-likeness (QED) is 0.354. The lowest BCUT2D eigenvalue weighted by Gasteiger charge is -2.15. The van der Waals surface area contributed by atoms with Crippen LogP contribution in [0.2, 0.25) is 5.02 Å². The fraction of sp³-hybridized carbons (Fsp3) is 0.318. The molecule has 4 heterocycles. The third-order valence-electron chi connectivity index (χ3n) is 5.66. The van der Waals surface area contributed by atoms with Gasteiger partial charge in [0.2, 0.25) is 0 Å². The lowest BCUT2D eigenvalue weighted by molar-refractivity contribution is -0.131. The predicted molar refractivity (Wildman–Crippen MR) is 119 cm³/mol. The summed E-state index contributed by atoms with van der Waals surface area (Å²) >= 11 is 6.28. The highest BCUT2D eigenvalue weighted by Gasteiger charge is 2.48. The van der Waals surface area contributed by atoms with Gasteiger partial charge in [-0.2, -0.15) is 4.98 Å². The smallest absolute Gasteiger partial charge is 0.328 e. The zero-order valence-electron chi connectivity index (χ0n) is 17.9. The second-order valence-corrected chi connectivity index (χ2v) is 8.45. The van der Waals surface area contributed by atoms with Crippen LogP contribution in [0.3, 0.4) is 0 Å². The van der Waals surface area contributed by atoms with Crippen LogP contribution >= 0.6 is 11.6 Å². The molecule has 10 nitrogen and oxygen atoms in total. The number of rotatable bonds is 7. The highest BCUT2D eigenvalue weighted by Crippen LogP contribution is 2.31. The second kappa shape index (κ2) is 9.38. The number of benzene rings is 1. The number of aliphatic hydroxyl groups excluding tert-OH is 1. The number of aromatic amines is 1. The zero-order chi connectivity index (χ0) is 24.7. The van der Waals surface area contributed by atoms with Gasteiger partial charge in [-0.15, -0.1) is 0 Å². The summed E-state index contributed by atoms with van der Waals surface area (Å²) in [5, 5.41) is 21.5. The molecule has 0 saturated carbocycles. The van der Waals surface area contributed by atoms with Crippen LogP contribution in [0.25, 0.3) is 17.2 Å². The molecule has 0 bridgehead atoms. The minimum absolute atomic E-state index is 0.0734. The molecule has 0 spiro atoms. The lowest BCUT2D eigenvalue weighted by atomic mass is 10.1. The fourth-order valence-corrected chi connectivity index (χ4v) is 4.21. The number of aromatic nitrogens is 3. The first-order valence-corrected chi connectivity index (χ1v) is 10.9. The van der Waals surface area contributed by atoms with Gasteiger partial charge in [-0.3, -0.25) is 0 Å². The third kappa shape index (κ3) is 4.78. The maximum absolute atomic E-state index is 14.4. The molecule has 2 fully saturated rings. The van der Waals surface area contributed by atoms with E-state index in [1.165, 1.54) is 0 Å². The SMILES string of the molecule is O=C(O)/C=C/c1cc(F)c(CNc2nc3nc(O[C@@H]4CO[C@H]5[C@@H]4OC[C@H]5O)[nH]c3cc2Cl)c(F)c1. The zero-order valence-corrected chi connectivity index (χ0v) is 18.6. The number of nitrogens with one attached hydrogen (secondary N) is 2. The minimum Gasteiger partial charge on any atom is -0.478 e. The number of nitrogens with zero attached hydrogens (tertiary/aromatic N) is 2. The van der Waals surface area contributed by atoms with Gasteiger partial charge in [-0.25, -0.2) is 18.6 Å². The number of H-pyrrole nitrogens is 1. The van der Waals surface area contributed by atoms with Crippen molar-refractivity contribution in [1.29, 1.82) is 0 Å². The first kappa shape index (κ1) is 23.4. The van der Waals surface area contributed by atoms with Crippen molar-refractivity contribution in [3.05, 3.63) is 52.1 Å². The molecule has 13 heteroatoms. The molecule has 2 aromatic heterocycles. The number of pyridine rings is 1. The van der Waals surface area contributed by atoms with E-state index in [1.807, 2.05) is 0 Å². The summed E-state index contributed by atoms with van der Waals surface area (Å²) in [6.07, 6.45) is -0.155. The molecule has 0 aliphatic carbocycles. The summed E-state index contributed by atoms with van der Waals surface area (Å²) < 4.78 is 45.7. The average Bonchev–Trinajstić information content (AvgIpc) is 3.48. The number of carbonyl (C=O) groups is 1. The Bertz CT molecular complexity index is 1300. The van der Waals surface area contributed by atoms with Gasteiger partial charge in [0.25, 0.3) is 6.01 Å². The molecule has 2 aliphatic heterocycles. The van der Waals surface area contributed by atoms with Gasteiger partial charge in [0.15, 0.2) is 11.8 Å². The first-order valence-electron chi connectivity index (χ1n) is 10.6. The van der Waals surface area contributed by atoms with Crippen molar-refractivity contribution in [2.24, 2.45) is 0 Å². The molecule has 0 unspecified atom stereocenters. The van der Waals surface area contributed by atoms with Crippen LogP contribution in [0.5, 0.6) is 6.01 Å². The van der Waals surface area contributed by atoms with Gasteiger partial charge in [0.1, 0.15) is 35.8 Å². The van der Waals surface area contributed by atoms with Crippen molar-refractivity contribution >= 4 is 40.6 Å². The molecule has 1 aromatic carbocycles. The van der Waals surface area contributed by atoms with E-state index >= 15 is 0 Å². The van der Waals surface area contributed by atoms with E-state index < -0.39 is 42.0 Å². The van der Waals surface area contributed by atoms with E-state index in [2.05, 4.69) is 20.3 Å². The second-order valence-electron chi connectivity index (χ2n) is 8.04. The van der Waals surface area contributed by atoms with E-state index in [9.17, 15) is 18.7 Å². The number of imidazole rings is 1. The molecule has 2 saturated heterocycles. The van der Waals surface area contributed by atoms with Crippen molar-refractivity contribution in [3.63, 3.8) is 0 Å². The molecular weight excluding hydrogens is 490 g/mol. The molecule has 0 amide bonds. The molecule has 5 rings (SSSR count). The maximum Gasteiger partial charge on any atom is 0.328 e. The Morgan fingerprint density at radius 3 is 2.71 bits per heavy atom. The van der Waals surface area contributed by atoms with Gasteiger partial charge in [0, 0.05) is 18.2 Å². The number of halogens is 3. The Kier molecular flexibility index (Phi) is 6.28. The molecule has 3 aromatic rings. The minimum atomic E-state index is -1.23. The summed E-state index contributed by atoms with van der Waals surface area (Å²) in [7, 11) is 0. The number of aliphatic carboxylic acids is 1. The van der Waals surface area contributed by atoms with Gasteiger partial charge < -0.3 is 34.7 Å². The molecule has 184 valence electrons. The van der Waals surface area contributed by atoms with Crippen LogP contribution in [-0.4, -0.2) is 68.8 Å². The van der Waals surface area contributed by atoms with Gasteiger partial charge >= 0.3 is 5.97 Å². The van der Waals surface area contributed by atoms with E-state index in [4.69, 9.17) is 30.9 Å². The van der Waals surface area contributed by atoms with Crippen LogP contribution in [0.1, 0.15) is 11.1 Å². The Hall–Kier alpha value is -3.32. The molecular formula is C22H19ClF2N4O6. The predicted octanol–water partition coefficient (Wildman–Crippen LogP) is 2.51. The van der Waals surface area contributed by atoms with Gasteiger partial charge in [0.05, 0.1) is 23.8 Å². The number of hydrogen-bond donors (Lipinski definition) is 4. The number of aliphatic hydroxyl groups is 1. The van der Waals surface area contributed by atoms with E-state index in [1.54, 1.807) is 6.07 Å². The van der Waals surface area contributed by atoms with Crippen LogP contribution in [-0.2, 0) is 20.8 Å². The first-order chi connectivity index (χ1) is 16.8. The number of ether oxygens (including phenoxy) is 3. The third-order valence-corrected chi connectivity index (χ3v) is 5.95. The van der Waals surface area contributed by atoms with Crippen LogP contribution < -0.4 is 10.1 Å². The van der Waals surface area contributed by atoms with Crippen LogP contribution in [0.15, 0.2) is 24.3 Å². The molecule has 2 aliphatic rings. The molecule has 35 heavy (non-hydrogen) atoms. The Balaban J connectivity index is 1.30. The van der Waals surface area contributed by atoms with E-state index in [-0.39, 0.29) is 53.4 Å². The number of carboxylic acid groups (broad SMARTS) is 1. The number of hydrogen-bond acceptors (Lipinski definition) is 8. The van der Waals surface area contributed by atoms with Crippen molar-refractivity contribution in [2.75, 3.05) is 18.5 Å². The summed E-state index contributed by atoms with van der Waals surface area (Å²) in [6.45, 7) is 0.131. The standard InChI is InChI=1S/C22H19ClF2N4O6/c23-11-5-14-21(29-22(27-14)35-16-8-34-18-15(30)7-33-19(16)18)28-20(11)26-6-10-12(24)3-9(4-13(10)25)1-2-17(31)32/h1-5,15-16,18-19,30H,6-8H2,(H,31,32)(H2,26,27,28,29)/b2-1+/t15-,16-,18-,19-/m1/s1. The number of fused-ring (bicyclic) bond motifs is 2. The van der Waals surface area contributed by atoms with Crippen molar-refractivity contribution in [3.8, 4) is 6.01 Å². The largest absolute Gasteiger partial charge is 0.478 e. The maximum atomic E-state index is 14.4.